The highest BCUT2D eigenvalue weighted by atomic mass is 35.5. The monoisotopic (exact) mass is 347 g/mol. The van der Waals surface area contributed by atoms with Gasteiger partial charge in [-0.2, -0.15) is 0 Å². The lowest BCUT2D eigenvalue weighted by Crippen LogP contribution is -2.18. The van der Waals surface area contributed by atoms with Crippen LogP contribution >= 0.6 is 23.2 Å². The molecule has 0 atom stereocenters. The number of aryl methyl sites for hydroxylation is 2. The molecule has 0 amide bonds. The zero-order chi connectivity index (χ0) is 16.6. The van der Waals surface area contributed by atoms with E-state index in [1.54, 1.807) is 37.0 Å². The molecular weight excluding hydrogens is 333 g/mol. The third kappa shape index (κ3) is 3.05. The first kappa shape index (κ1) is 15.8. The number of benzene rings is 1. The number of hydrogen-bond acceptors (Lipinski definition) is 2. The third-order valence-electron chi connectivity index (χ3n) is 3.71. The highest BCUT2D eigenvalue weighted by Crippen LogP contribution is 2.27. The van der Waals surface area contributed by atoms with Gasteiger partial charge in [-0.05, 0) is 24.6 Å². The summed E-state index contributed by atoms with van der Waals surface area (Å²) in [7, 11) is 1.74. The van der Waals surface area contributed by atoms with Crippen molar-refractivity contribution in [3.05, 3.63) is 74.4 Å². The Morgan fingerprint density at radius 2 is 2.04 bits per heavy atom. The van der Waals surface area contributed by atoms with Gasteiger partial charge in [-0.3, -0.25) is 4.79 Å². The largest absolute Gasteiger partial charge is 0.326 e. The first-order valence-electron chi connectivity index (χ1n) is 7.09. The minimum atomic E-state index is -0.00950. The second-order valence-electron chi connectivity index (χ2n) is 5.42. The summed E-state index contributed by atoms with van der Waals surface area (Å²) >= 11 is 12.3. The molecule has 0 spiro atoms. The molecule has 0 fully saturated rings. The van der Waals surface area contributed by atoms with E-state index in [0.29, 0.717) is 22.2 Å². The van der Waals surface area contributed by atoms with Gasteiger partial charge in [0.15, 0.2) is 0 Å². The quantitative estimate of drug-likeness (QED) is 0.720. The standard InChI is InChI=1S/C17H15Cl2N3O/c1-11-8-13(9-21(2)17(11)23)16-20-6-7-22(16)10-12-4-3-5-14(18)15(12)19/h3-9H,10H2,1-2H3. The average Bonchev–Trinajstić information content (AvgIpc) is 2.97. The molecule has 4 nitrogen and oxygen atoms in total. The Morgan fingerprint density at radius 1 is 1.26 bits per heavy atom. The normalized spacial score (nSPS) is 11.0. The first-order chi connectivity index (χ1) is 11.0. The van der Waals surface area contributed by atoms with Crippen LogP contribution in [0.4, 0.5) is 0 Å². The van der Waals surface area contributed by atoms with Crippen LogP contribution in [0.25, 0.3) is 11.4 Å². The van der Waals surface area contributed by atoms with Gasteiger partial charge in [-0.25, -0.2) is 4.98 Å². The lowest BCUT2D eigenvalue weighted by molar-refractivity contribution is 0.799. The maximum atomic E-state index is 11.9. The van der Waals surface area contributed by atoms with Crippen LogP contribution in [0.1, 0.15) is 11.1 Å². The zero-order valence-corrected chi connectivity index (χ0v) is 14.3. The number of nitrogens with zero attached hydrogens (tertiary/aromatic N) is 3. The van der Waals surface area contributed by atoms with Crippen molar-refractivity contribution in [2.24, 2.45) is 7.05 Å². The predicted octanol–water partition coefficient (Wildman–Crippen LogP) is 3.91. The fraction of sp³-hybridized carbons (Fsp3) is 0.176. The van der Waals surface area contributed by atoms with E-state index < -0.39 is 0 Å². The van der Waals surface area contributed by atoms with Crippen molar-refractivity contribution in [2.45, 2.75) is 13.5 Å². The van der Waals surface area contributed by atoms with E-state index in [4.69, 9.17) is 23.2 Å². The van der Waals surface area contributed by atoms with E-state index in [1.807, 2.05) is 29.0 Å². The van der Waals surface area contributed by atoms with Crippen LogP contribution in [0.5, 0.6) is 0 Å². The van der Waals surface area contributed by atoms with Crippen molar-refractivity contribution >= 4 is 23.2 Å². The number of rotatable bonds is 3. The Kier molecular flexibility index (Phi) is 4.28. The summed E-state index contributed by atoms with van der Waals surface area (Å²) in [5.41, 5.74) is 2.47. The van der Waals surface area contributed by atoms with E-state index >= 15 is 0 Å². The maximum absolute atomic E-state index is 11.9. The molecule has 2 heterocycles. The van der Waals surface area contributed by atoms with Crippen LogP contribution in [-0.4, -0.2) is 14.1 Å². The Bertz CT molecular complexity index is 902. The lowest BCUT2D eigenvalue weighted by Gasteiger charge is -2.11. The molecule has 0 N–H and O–H groups in total. The summed E-state index contributed by atoms with van der Waals surface area (Å²) < 4.78 is 3.55. The first-order valence-corrected chi connectivity index (χ1v) is 7.84. The highest BCUT2D eigenvalue weighted by Gasteiger charge is 2.11. The molecule has 0 aliphatic carbocycles. The van der Waals surface area contributed by atoms with Gasteiger partial charge < -0.3 is 9.13 Å². The molecule has 3 aromatic rings. The van der Waals surface area contributed by atoms with Gasteiger partial charge in [0, 0.05) is 36.8 Å². The van der Waals surface area contributed by atoms with Crippen molar-refractivity contribution in [1.29, 1.82) is 0 Å². The fourth-order valence-corrected chi connectivity index (χ4v) is 2.93. The molecule has 0 unspecified atom stereocenters. The molecule has 0 saturated heterocycles. The molecule has 0 aliphatic heterocycles. The van der Waals surface area contributed by atoms with Crippen molar-refractivity contribution in [3.8, 4) is 11.4 Å². The second-order valence-corrected chi connectivity index (χ2v) is 6.20. The van der Waals surface area contributed by atoms with Gasteiger partial charge in [-0.1, -0.05) is 35.3 Å². The van der Waals surface area contributed by atoms with Crippen LogP contribution in [0.3, 0.4) is 0 Å². The van der Waals surface area contributed by atoms with Crippen LogP contribution in [-0.2, 0) is 13.6 Å². The molecule has 2 aromatic heterocycles. The molecule has 0 saturated carbocycles. The van der Waals surface area contributed by atoms with Gasteiger partial charge in [0.25, 0.3) is 5.56 Å². The molecule has 3 rings (SSSR count). The summed E-state index contributed by atoms with van der Waals surface area (Å²) in [5, 5.41) is 1.08. The van der Waals surface area contributed by atoms with Crippen LogP contribution < -0.4 is 5.56 Å². The lowest BCUT2D eigenvalue weighted by atomic mass is 10.2. The SMILES string of the molecule is Cc1cc(-c2nccn2Cc2cccc(Cl)c2Cl)cn(C)c1=O. The minimum Gasteiger partial charge on any atom is -0.326 e. The van der Waals surface area contributed by atoms with Gasteiger partial charge in [-0.15, -0.1) is 0 Å². The van der Waals surface area contributed by atoms with Crippen molar-refractivity contribution in [2.75, 3.05) is 0 Å². The predicted molar refractivity (Wildman–Crippen MR) is 93.2 cm³/mol. The number of pyridine rings is 1. The van der Waals surface area contributed by atoms with Crippen LogP contribution in [0.15, 0.2) is 47.7 Å². The van der Waals surface area contributed by atoms with Gasteiger partial charge in [0.1, 0.15) is 5.82 Å². The fourth-order valence-electron chi connectivity index (χ4n) is 2.55. The van der Waals surface area contributed by atoms with Crippen molar-refractivity contribution in [1.82, 2.24) is 14.1 Å². The average molecular weight is 348 g/mol. The smallest absolute Gasteiger partial charge is 0.253 e. The van der Waals surface area contributed by atoms with Crippen molar-refractivity contribution in [3.63, 3.8) is 0 Å². The summed E-state index contributed by atoms with van der Waals surface area (Å²) in [6.45, 7) is 2.35. The van der Waals surface area contributed by atoms with Gasteiger partial charge in [0.05, 0.1) is 16.6 Å². The maximum Gasteiger partial charge on any atom is 0.253 e. The molecular formula is C17H15Cl2N3O. The number of halogens is 2. The summed E-state index contributed by atoms with van der Waals surface area (Å²) in [5.74, 6) is 0.778. The Balaban J connectivity index is 2.03. The summed E-state index contributed by atoms with van der Waals surface area (Å²) in [4.78, 5) is 16.3. The van der Waals surface area contributed by atoms with E-state index in [-0.39, 0.29) is 5.56 Å². The highest BCUT2D eigenvalue weighted by molar-refractivity contribution is 6.42. The Morgan fingerprint density at radius 3 is 2.78 bits per heavy atom. The van der Waals surface area contributed by atoms with Gasteiger partial charge >= 0.3 is 0 Å². The molecule has 0 bridgehead atoms. The molecule has 118 valence electrons. The third-order valence-corrected chi connectivity index (χ3v) is 4.57. The molecule has 6 heteroatoms. The van der Waals surface area contributed by atoms with E-state index in [1.165, 1.54) is 0 Å². The Labute approximate surface area is 143 Å². The number of aromatic nitrogens is 3. The minimum absolute atomic E-state index is 0.00950. The summed E-state index contributed by atoms with van der Waals surface area (Å²) in [6.07, 6.45) is 5.40. The second kappa shape index (κ2) is 6.22. The summed E-state index contributed by atoms with van der Waals surface area (Å²) in [6, 6.07) is 7.42. The van der Waals surface area contributed by atoms with Crippen molar-refractivity contribution < 1.29 is 0 Å². The number of imidazole rings is 1. The van der Waals surface area contributed by atoms with Crippen LogP contribution in [0.2, 0.25) is 10.0 Å². The molecule has 1 aromatic carbocycles. The Hall–Kier alpha value is -2.04. The number of hydrogen-bond donors (Lipinski definition) is 0. The topological polar surface area (TPSA) is 39.8 Å². The van der Waals surface area contributed by atoms with E-state index in [9.17, 15) is 4.79 Å². The molecule has 0 aliphatic rings. The van der Waals surface area contributed by atoms with Gasteiger partial charge in [0.2, 0.25) is 0 Å². The van der Waals surface area contributed by atoms with E-state index in [0.717, 1.165) is 17.0 Å². The van der Waals surface area contributed by atoms with E-state index in [2.05, 4.69) is 4.98 Å². The van der Waals surface area contributed by atoms with Crippen LogP contribution in [0, 0.1) is 6.92 Å². The molecule has 0 radical (unpaired) electrons. The zero-order valence-electron chi connectivity index (χ0n) is 12.8. The molecule has 23 heavy (non-hydrogen) atoms.